The van der Waals surface area contributed by atoms with Gasteiger partial charge in [-0.25, -0.2) is 9.78 Å². The molecule has 1 atom stereocenters. The molecule has 1 heterocycles. The molecule has 19 heavy (non-hydrogen) atoms. The number of hydrogen-bond acceptors (Lipinski definition) is 5. The molecule has 1 amide bonds. The van der Waals surface area contributed by atoms with Crippen LogP contribution in [0.1, 0.15) is 6.92 Å². The minimum absolute atomic E-state index is 0.154. The highest BCUT2D eigenvalue weighted by molar-refractivity contribution is 7.99. The van der Waals surface area contributed by atoms with Crippen molar-refractivity contribution in [2.75, 3.05) is 5.75 Å². The van der Waals surface area contributed by atoms with Crippen LogP contribution in [0.4, 0.5) is 0 Å². The van der Waals surface area contributed by atoms with E-state index in [1.165, 1.54) is 6.92 Å². The molecule has 1 unspecified atom stereocenters. The molecule has 6 nitrogen and oxygen atoms in total. The number of amides is 1. The third-order valence-electron chi connectivity index (χ3n) is 2.32. The van der Waals surface area contributed by atoms with E-state index in [0.29, 0.717) is 10.8 Å². The summed E-state index contributed by atoms with van der Waals surface area (Å²) in [5.41, 5.74) is 1.37. The highest BCUT2D eigenvalue weighted by Gasteiger charge is 2.19. The number of carbonyl (C=O) groups is 2. The second-order valence-electron chi connectivity index (χ2n) is 3.85. The molecule has 2 rings (SSSR count). The predicted molar refractivity (Wildman–Crippen MR) is 70.0 cm³/mol. The van der Waals surface area contributed by atoms with E-state index in [0.717, 1.165) is 17.3 Å². The molecular formula is C12H12N2O4S. The highest BCUT2D eigenvalue weighted by Crippen LogP contribution is 2.23. The number of fused-ring (bicyclic) bond motifs is 1. The van der Waals surface area contributed by atoms with Crippen molar-refractivity contribution >= 4 is 34.7 Å². The van der Waals surface area contributed by atoms with Gasteiger partial charge in [-0.3, -0.25) is 4.79 Å². The fourth-order valence-electron chi connectivity index (χ4n) is 1.49. The predicted octanol–water partition coefficient (Wildman–Crippen LogP) is 1.51. The Morgan fingerprint density at radius 1 is 1.47 bits per heavy atom. The summed E-state index contributed by atoms with van der Waals surface area (Å²) in [6, 6.07) is 6.31. The lowest BCUT2D eigenvalue weighted by Crippen LogP contribution is -2.41. The standard InChI is InChI=1S/C12H12N2O4S/c1-7(15)13-9(11(16)17)6-19-12-14-8-4-2-3-5-10(8)18-12/h2-5,9H,6H2,1H3,(H,13,15)(H,16,17). The Kier molecular flexibility index (Phi) is 4.06. The molecule has 2 N–H and O–H groups in total. The van der Waals surface area contributed by atoms with Gasteiger partial charge in [0, 0.05) is 12.7 Å². The number of hydrogen-bond donors (Lipinski definition) is 2. The van der Waals surface area contributed by atoms with Crippen molar-refractivity contribution in [3.8, 4) is 0 Å². The van der Waals surface area contributed by atoms with Gasteiger partial charge < -0.3 is 14.8 Å². The maximum Gasteiger partial charge on any atom is 0.327 e. The average Bonchev–Trinajstić information content (AvgIpc) is 2.76. The fourth-order valence-corrected chi connectivity index (χ4v) is 2.33. The number of carbonyl (C=O) groups excluding carboxylic acids is 1. The van der Waals surface area contributed by atoms with Crippen LogP contribution >= 0.6 is 11.8 Å². The molecule has 100 valence electrons. The van der Waals surface area contributed by atoms with E-state index >= 15 is 0 Å². The van der Waals surface area contributed by atoms with Gasteiger partial charge in [-0.15, -0.1) is 0 Å². The second kappa shape index (κ2) is 5.75. The van der Waals surface area contributed by atoms with Gasteiger partial charge >= 0.3 is 5.97 Å². The van der Waals surface area contributed by atoms with Crippen molar-refractivity contribution < 1.29 is 19.1 Å². The van der Waals surface area contributed by atoms with Crippen LogP contribution in [-0.4, -0.2) is 33.8 Å². The van der Waals surface area contributed by atoms with E-state index in [-0.39, 0.29) is 11.7 Å². The molecule has 0 fully saturated rings. The zero-order chi connectivity index (χ0) is 13.8. The van der Waals surface area contributed by atoms with E-state index in [2.05, 4.69) is 10.3 Å². The number of carboxylic acid groups (broad SMARTS) is 1. The number of benzene rings is 1. The van der Waals surface area contributed by atoms with Crippen molar-refractivity contribution in [1.82, 2.24) is 10.3 Å². The van der Waals surface area contributed by atoms with Crippen LogP contribution in [0, 0.1) is 0 Å². The first-order chi connectivity index (χ1) is 9.06. The lowest BCUT2D eigenvalue weighted by atomic mass is 10.3. The van der Waals surface area contributed by atoms with Crippen LogP contribution in [0.3, 0.4) is 0 Å². The monoisotopic (exact) mass is 280 g/mol. The first-order valence-corrected chi connectivity index (χ1v) is 6.53. The smallest absolute Gasteiger partial charge is 0.327 e. The summed E-state index contributed by atoms with van der Waals surface area (Å²) in [5.74, 6) is -1.31. The molecule has 0 aliphatic rings. The number of thioether (sulfide) groups is 1. The lowest BCUT2D eigenvalue weighted by Gasteiger charge is -2.10. The van der Waals surface area contributed by atoms with Crippen LogP contribution < -0.4 is 5.32 Å². The maximum absolute atomic E-state index is 10.9. The molecule has 0 saturated heterocycles. The zero-order valence-electron chi connectivity index (χ0n) is 10.1. The SMILES string of the molecule is CC(=O)NC(CSc1nc2ccccc2o1)C(=O)O. The van der Waals surface area contributed by atoms with Crippen molar-refractivity contribution in [2.24, 2.45) is 0 Å². The summed E-state index contributed by atoms with van der Waals surface area (Å²) in [5, 5.41) is 11.7. The maximum atomic E-state index is 10.9. The van der Waals surface area contributed by atoms with Crippen molar-refractivity contribution in [3.05, 3.63) is 24.3 Å². The lowest BCUT2D eigenvalue weighted by molar-refractivity contribution is -0.140. The molecule has 0 aliphatic heterocycles. The van der Waals surface area contributed by atoms with Crippen LogP contribution in [0.25, 0.3) is 11.1 Å². The summed E-state index contributed by atoms with van der Waals surface area (Å²) in [6.07, 6.45) is 0. The van der Waals surface area contributed by atoms with Crippen LogP contribution in [0.5, 0.6) is 0 Å². The van der Waals surface area contributed by atoms with Gasteiger partial charge in [0.15, 0.2) is 5.58 Å². The molecule has 0 bridgehead atoms. The molecule has 0 spiro atoms. The average molecular weight is 280 g/mol. The normalized spacial score (nSPS) is 12.3. The van der Waals surface area contributed by atoms with Gasteiger partial charge in [-0.1, -0.05) is 23.9 Å². The number of rotatable bonds is 5. The number of oxazole rings is 1. The Labute approximate surface area is 113 Å². The van der Waals surface area contributed by atoms with E-state index in [4.69, 9.17) is 9.52 Å². The van der Waals surface area contributed by atoms with E-state index in [1.54, 1.807) is 6.07 Å². The summed E-state index contributed by atoms with van der Waals surface area (Å²) >= 11 is 1.15. The molecule has 2 aromatic rings. The number of carboxylic acids is 1. The first kappa shape index (κ1) is 13.4. The molecule has 0 radical (unpaired) electrons. The van der Waals surface area contributed by atoms with Gasteiger partial charge in [0.1, 0.15) is 11.6 Å². The fraction of sp³-hybridized carbons (Fsp3) is 0.250. The van der Waals surface area contributed by atoms with Crippen LogP contribution in [0.15, 0.2) is 33.9 Å². The van der Waals surface area contributed by atoms with Crippen molar-refractivity contribution in [2.45, 2.75) is 18.2 Å². The summed E-state index contributed by atoms with van der Waals surface area (Å²) < 4.78 is 5.45. The molecule has 1 aromatic heterocycles. The topological polar surface area (TPSA) is 92.4 Å². The zero-order valence-corrected chi connectivity index (χ0v) is 10.9. The molecular weight excluding hydrogens is 268 g/mol. The van der Waals surface area contributed by atoms with E-state index in [9.17, 15) is 9.59 Å². The minimum atomic E-state index is -1.08. The summed E-state index contributed by atoms with van der Waals surface area (Å²) in [4.78, 5) is 26.1. The van der Waals surface area contributed by atoms with Gasteiger partial charge in [0.2, 0.25) is 5.91 Å². The van der Waals surface area contributed by atoms with E-state index < -0.39 is 12.0 Å². The third-order valence-corrected chi connectivity index (χ3v) is 3.24. The van der Waals surface area contributed by atoms with Gasteiger partial charge in [-0.05, 0) is 12.1 Å². The Morgan fingerprint density at radius 3 is 2.84 bits per heavy atom. The van der Waals surface area contributed by atoms with Crippen molar-refractivity contribution in [3.63, 3.8) is 0 Å². The first-order valence-electron chi connectivity index (χ1n) is 5.54. The largest absolute Gasteiger partial charge is 0.480 e. The number of para-hydroxylation sites is 2. The minimum Gasteiger partial charge on any atom is -0.480 e. The summed E-state index contributed by atoms with van der Waals surface area (Å²) in [6.45, 7) is 1.28. The number of nitrogens with zero attached hydrogens (tertiary/aromatic N) is 1. The molecule has 1 aromatic carbocycles. The Morgan fingerprint density at radius 2 is 2.21 bits per heavy atom. The Hall–Kier alpha value is -2.02. The number of nitrogens with one attached hydrogen (secondary N) is 1. The van der Waals surface area contributed by atoms with Crippen molar-refractivity contribution in [1.29, 1.82) is 0 Å². The summed E-state index contributed by atoms with van der Waals surface area (Å²) in [7, 11) is 0. The van der Waals surface area contributed by atoms with E-state index in [1.807, 2.05) is 18.2 Å². The third kappa shape index (κ3) is 3.47. The molecule has 0 aliphatic carbocycles. The molecule has 7 heteroatoms. The Balaban J connectivity index is 2.03. The van der Waals surface area contributed by atoms with Gasteiger partial charge in [-0.2, -0.15) is 0 Å². The second-order valence-corrected chi connectivity index (χ2v) is 4.82. The highest BCUT2D eigenvalue weighted by atomic mass is 32.2. The Bertz CT molecular complexity index is 578. The van der Waals surface area contributed by atoms with Gasteiger partial charge in [0.25, 0.3) is 5.22 Å². The van der Waals surface area contributed by atoms with Gasteiger partial charge in [0.05, 0.1) is 0 Å². The molecule has 0 saturated carbocycles. The quantitative estimate of drug-likeness (QED) is 0.806. The van der Waals surface area contributed by atoms with Crippen LogP contribution in [0.2, 0.25) is 0 Å². The number of aromatic nitrogens is 1. The number of aliphatic carboxylic acids is 1. The van der Waals surface area contributed by atoms with Crippen LogP contribution in [-0.2, 0) is 9.59 Å².